The van der Waals surface area contributed by atoms with Crippen molar-refractivity contribution in [3.63, 3.8) is 0 Å². The molecular formula is C14H17N3O2. The summed E-state index contributed by atoms with van der Waals surface area (Å²) in [5, 5.41) is 12.5. The molecule has 0 saturated heterocycles. The Labute approximate surface area is 112 Å². The Bertz CT molecular complexity index is 514. The highest BCUT2D eigenvalue weighted by Crippen LogP contribution is 2.20. The van der Waals surface area contributed by atoms with Crippen LogP contribution in [0.15, 0.2) is 36.7 Å². The molecule has 1 aromatic heterocycles. The van der Waals surface area contributed by atoms with Crippen LogP contribution in [0.3, 0.4) is 0 Å². The van der Waals surface area contributed by atoms with Crippen molar-refractivity contribution >= 4 is 0 Å². The predicted molar refractivity (Wildman–Crippen MR) is 73.2 cm³/mol. The van der Waals surface area contributed by atoms with E-state index >= 15 is 0 Å². The third-order valence-electron chi connectivity index (χ3n) is 2.57. The van der Waals surface area contributed by atoms with Crippen LogP contribution < -0.4 is 10.1 Å². The van der Waals surface area contributed by atoms with Crippen LogP contribution >= 0.6 is 0 Å². The molecule has 2 rings (SSSR count). The molecule has 0 aliphatic heterocycles. The molecule has 0 bridgehead atoms. The number of ether oxygens (including phenoxy) is 1. The molecule has 100 valence electrons. The van der Waals surface area contributed by atoms with Gasteiger partial charge >= 0.3 is 0 Å². The van der Waals surface area contributed by atoms with E-state index in [4.69, 9.17) is 4.74 Å². The lowest BCUT2D eigenvalue weighted by molar-refractivity contribution is 0.307. The van der Waals surface area contributed by atoms with E-state index in [-0.39, 0.29) is 5.75 Å². The number of aromatic hydroxyl groups is 1. The highest BCUT2D eigenvalue weighted by Gasteiger charge is 2.02. The van der Waals surface area contributed by atoms with Gasteiger partial charge in [0.15, 0.2) is 11.6 Å². The van der Waals surface area contributed by atoms with Crippen molar-refractivity contribution < 1.29 is 9.84 Å². The number of phenols is 1. The zero-order chi connectivity index (χ0) is 13.5. The van der Waals surface area contributed by atoms with Crippen molar-refractivity contribution in [1.29, 1.82) is 0 Å². The maximum atomic E-state index is 9.41. The second-order valence-corrected chi connectivity index (χ2v) is 4.10. The van der Waals surface area contributed by atoms with Crippen LogP contribution in [-0.4, -0.2) is 35.3 Å². The molecule has 0 saturated carbocycles. The quantitative estimate of drug-likeness (QED) is 0.775. The number of hydrogen-bond acceptors (Lipinski definition) is 5. The van der Waals surface area contributed by atoms with E-state index in [0.717, 1.165) is 18.5 Å². The van der Waals surface area contributed by atoms with Gasteiger partial charge in [-0.15, -0.1) is 0 Å². The van der Waals surface area contributed by atoms with Gasteiger partial charge in [-0.2, -0.15) is 0 Å². The number of aromatic nitrogens is 2. The summed E-state index contributed by atoms with van der Waals surface area (Å²) in [6, 6.07) is 6.85. The number of nitrogens with zero attached hydrogens (tertiary/aromatic N) is 2. The lowest BCUT2D eigenvalue weighted by Crippen LogP contribution is -2.11. The maximum absolute atomic E-state index is 9.41. The number of nitrogens with one attached hydrogen (secondary N) is 1. The number of rotatable bonds is 6. The third kappa shape index (κ3) is 3.93. The van der Waals surface area contributed by atoms with Crippen molar-refractivity contribution in [2.45, 2.75) is 6.42 Å². The molecular weight excluding hydrogens is 242 g/mol. The smallest absolute Gasteiger partial charge is 0.159 e. The van der Waals surface area contributed by atoms with Gasteiger partial charge in [0.1, 0.15) is 5.75 Å². The van der Waals surface area contributed by atoms with Crippen LogP contribution in [0.2, 0.25) is 0 Å². The Balaban J connectivity index is 1.98. The molecule has 0 amide bonds. The molecule has 1 heterocycles. The summed E-state index contributed by atoms with van der Waals surface area (Å²) in [6.07, 6.45) is 4.22. The normalized spacial score (nSPS) is 10.4. The molecule has 0 unspecified atom stereocenters. The van der Waals surface area contributed by atoms with E-state index in [2.05, 4.69) is 15.3 Å². The van der Waals surface area contributed by atoms with Gasteiger partial charge in [-0.25, -0.2) is 9.97 Å². The summed E-state index contributed by atoms with van der Waals surface area (Å²) in [5.41, 5.74) is 0.779. The first-order valence-corrected chi connectivity index (χ1v) is 6.18. The highest BCUT2D eigenvalue weighted by atomic mass is 16.5. The van der Waals surface area contributed by atoms with Crippen LogP contribution in [0.4, 0.5) is 0 Å². The molecule has 2 aromatic rings. The third-order valence-corrected chi connectivity index (χ3v) is 2.57. The minimum Gasteiger partial charge on any atom is -0.508 e. The molecule has 5 nitrogen and oxygen atoms in total. The number of phenolic OH excluding ortho intramolecular Hbond substituents is 1. The van der Waals surface area contributed by atoms with Gasteiger partial charge in [0, 0.05) is 5.56 Å². The lowest BCUT2D eigenvalue weighted by atomic mass is 10.2. The van der Waals surface area contributed by atoms with Crippen LogP contribution in [-0.2, 0) is 0 Å². The van der Waals surface area contributed by atoms with Gasteiger partial charge < -0.3 is 15.2 Å². The molecule has 1 aromatic carbocycles. The summed E-state index contributed by atoms with van der Waals surface area (Å²) in [4.78, 5) is 8.45. The average molecular weight is 259 g/mol. The van der Waals surface area contributed by atoms with Crippen molar-refractivity contribution in [1.82, 2.24) is 15.3 Å². The van der Waals surface area contributed by atoms with Crippen molar-refractivity contribution in [2.75, 3.05) is 20.2 Å². The summed E-state index contributed by atoms with van der Waals surface area (Å²) in [5.74, 6) is 1.42. The lowest BCUT2D eigenvalue weighted by Gasteiger charge is -2.06. The van der Waals surface area contributed by atoms with E-state index in [0.29, 0.717) is 18.2 Å². The molecule has 19 heavy (non-hydrogen) atoms. The van der Waals surface area contributed by atoms with Crippen LogP contribution in [0.5, 0.6) is 11.5 Å². The molecule has 0 aliphatic rings. The van der Waals surface area contributed by atoms with Crippen molar-refractivity contribution in [3.05, 3.63) is 36.7 Å². The van der Waals surface area contributed by atoms with Crippen molar-refractivity contribution in [3.8, 4) is 22.9 Å². The fraction of sp³-hybridized carbons (Fsp3) is 0.286. The minimum absolute atomic E-state index is 0.202. The molecule has 0 spiro atoms. The van der Waals surface area contributed by atoms with Gasteiger partial charge in [-0.1, -0.05) is 12.1 Å². The Kier molecular flexibility index (Phi) is 4.69. The zero-order valence-electron chi connectivity index (χ0n) is 10.8. The number of hydrogen-bond donors (Lipinski definition) is 2. The van der Waals surface area contributed by atoms with E-state index in [1.165, 1.54) is 0 Å². The van der Waals surface area contributed by atoms with E-state index in [1.807, 2.05) is 13.1 Å². The standard InChI is InChI=1S/C14H17N3O2/c1-15-6-3-7-19-13-9-16-14(17-10-13)11-4-2-5-12(18)8-11/h2,4-5,8-10,15,18H,3,6-7H2,1H3. The van der Waals surface area contributed by atoms with Crippen LogP contribution in [0, 0.1) is 0 Å². The largest absolute Gasteiger partial charge is 0.508 e. The molecule has 2 N–H and O–H groups in total. The Morgan fingerprint density at radius 3 is 2.74 bits per heavy atom. The summed E-state index contributed by atoms with van der Waals surface area (Å²) < 4.78 is 5.51. The fourth-order valence-electron chi connectivity index (χ4n) is 1.62. The van der Waals surface area contributed by atoms with Gasteiger partial charge in [0.25, 0.3) is 0 Å². The number of benzene rings is 1. The topological polar surface area (TPSA) is 67.3 Å². The Morgan fingerprint density at radius 1 is 1.26 bits per heavy atom. The summed E-state index contributed by atoms with van der Waals surface area (Å²) >= 11 is 0. The van der Waals surface area contributed by atoms with E-state index < -0.39 is 0 Å². The van der Waals surface area contributed by atoms with Gasteiger partial charge in [0.05, 0.1) is 19.0 Å². The molecule has 5 heteroatoms. The second kappa shape index (κ2) is 6.70. The molecule has 0 fully saturated rings. The van der Waals surface area contributed by atoms with E-state index in [1.54, 1.807) is 30.6 Å². The monoisotopic (exact) mass is 259 g/mol. The predicted octanol–water partition coefficient (Wildman–Crippen LogP) is 1.84. The molecule has 0 atom stereocenters. The maximum Gasteiger partial charge on any atom is 0.159 e. The van der Waals surface area contributed by atoms with E-state index in [9.17, 15) is 5.11 Å². The minimum atomic E-state index is 0.202. The van der Waals surface area contributed by atoms with Gasteiger partial charge in [0.2, 0.25) is 0 Å². The fourth-order valence-corrected chi connectivity index (χ4v) is 1.62. The molecule has 0 aliphatic carbocycles. The Hall–Kier alpha value is -2.14. The summed E-state index contributed by atoms with van der Waals surface area (Å²) in [7, 11) is 1.91. The first-order chi connectivity index (χ1) is 9.29. The van der Waals surface area contributed by atoms with Crippen LogP contribution in [0.25, 0.3) is 11.4 Å². The SMILES string of the molecule is CNCCCOc1cnc(-c2cccc(O)c2)nc1. The second-order valence-electron chi connectivity index (χ2n) is 4.10. The van der Waals surface area contributed by atoms with Gasteiger partial charge in [-0.3, -0.25) is 0 Å². The highest BCUT2D eigenvalue weighted by molar-refractivity contribution is 5.57. The van der Waals surface area contributed by atoms with Gasteiger partial charge in [-0.05, 0) is 32.1 Å². The summed E-state index contributed by atoms with van der Waals surface area (Å²) in [6.45, 7) is 1.55. The average Bonchev–Trinajstić information content (AvgIpc) is 2.44. The first kappa shape index (κ1) is 13.3. The van der Waals surface area contributed by atoms with Crippen molar-refractivity contribution in [2.24, 2.45) is 0 Å². The van der Waals surface area contributed by atoms with Crippen LogP contribution in [0.1, 0.15) is 6.42 Å². The molecule has 0 radical (unpaired) electrons. The first-order valence-electron chi connectivity index (χ1n) is 6.18. The zero-order valence-corrected chi connectivity index (χ0v) is 10.8. The Morgan fingerprint density at radius 2 is 2.05 bits per heavy atom.